The van der Waals surface area contributed by atoms with E-state index in [2.05, 4.69) is 52.5 Å². The first-order valence-corrected chi connectivity index (χ1v) is 10.5. The molecule has 6 nitrogen and oxygen atoms in total. The standard InChI is InChI=1S/C24H30N4O2/c1-3-28(4-2)16-15-25-23-13-14-24(22-8-6-5-7-21(22)23)27-26-19-9-11-20(12-10-19)30-18-17-29/h5-14,25,29H,3-4,15-18H2,1-2H3. The van der Waals surface area contributed by atoms with Gasteiger partial charge in [-0.25, -0.2) is 0 Å². The first-order chi connectivity index (χ1) is 14.7. The van der Waals surface area contributed by atoms with Gasteiger partial charge in [-0.3, -0.25) is 0 Å². The van der Waals surface area contributed by atoms with Gasteiger partial charge in [0.15, 0.2) is 0 Å². The summed E-state index contributed by atoms with van der Waals surface area (Å²) in [5, 5.41) is 23.5. The van der Waals surface area contributed by atoms with Crippen molar-refractivity contribution in [3.05, 3.63) is 60.7 Å². The third kappa shape index (κ3) is 5.78. The Balaban J connectivity index is 1.74. The summed E-state index contributed by atoms with van der Waals surface area (Å²) in [5.41, 5.74) is 2.69. The highest BCUT2D eigenvalue weighted by Gasteiger charge is 2.06. The predicted octanol–water partition coefficient (Wildman–Crippen LogP) is 5.38. The van der Waals surface area contributed by atoms with Crippen molar-refractivity contribution in [1.82, 2.24) is 4.90 Å². The van der Waals surface area contributed by atoms with Crippen LogP contribution in [0.1, 0.15) is 13.8 Å². The number of anilines is 1. The minimum atomic E-state index is -0.00511. The number of hydrogen-bond donors (Lipinski definition) is 2. The fourth-order valence-electron chi connectivity index (χ4n) is 3.30. The highest BCUT2D eigenvalue weighted by atomic mass is 16.5. The second-order valence-corrected chi connectivity index (χ2v) is 6.90. The number of benzene rings is 3. The summed E-state index contributed by atoms with van der Waals surface area (Å²) in [4.78, 5) is 2.40. The molecular weight excluding hydrogens is 376 g/mol. The van der Waals surface area contributed by atoms with E-state index < -0.39 is 0 Å². The number of likely N-dealkylation sites (N-methyl/N-ethyl adjacent to an activating group) is 1. The van der Waals surface area contributed by atoms with Crippen LogP contribution in [0.2, 0.25) is 0 Å². The molecule has 0 aliphatic rings. The summed E-state index contributed by atoms with van der Waals surface area (Å²) in [7, 11) is 0. The zero-order valence-electron chi connectivity index (χ0n) is 17.7. The number of aliphatic hydroxyl groups is 1. The molecule has 0 atom stereocenters. The van der Waals surface area contributed by atoms with E-state index in [1.807, 2.05) is 42.5 Å². The van der Waals surface area contributed by atoms with Gasteiger partial charge in [-0.2, -0.15) is 5.11 Å². The van der Waals surface area contributed by atoms with Gasteiger partial charge in [0, 0.05) is 29.5 Å². The van der Waals surface area contributed by atoms with Crippen molar-refractivity contribution in [2.75, 3.05) is 44.7 Å². The second-order valence-electron chi connectivity index (χ2n) is 6.90. The van der Waals surface area contributed by atoms with Crippen LogP contribution in [0.15, 0.2) is 70.9 Å². The lowest BCUT2D eigenvalue weighted by molar-refractivity contribution is 0.201. The highest BCUT2D eigenvalue weighted by molar-refractivity contribution is 6.00. The van der Waals surface area contributed by atoms with E-state index in [9.17, 15) is 0 Å². The molecule has 3 aromatic carbocycles. The summed E-state index contributed by atoms with van der Waals surface area (Å²) in [6, 6.07) is 19.7. The highest BCUT2D eigenvalue weighted by Crippen LogP contribution is 2.33. The Bertz CT molecular complexity index is 953. The maximum atomic E-state index is 8.83. The Hall–Kier alpha value is -2.96. The van der Waals surface area contributed by atoms with E-state index >= 15 is 0 Å². The Kier molecular flexibility index (Phi) is 8.18. The summed E-state index contributed by atoms with van der Waals surface area (Å²) in [6.07, 6.45) is 0. The fraction of sp³-hybridized carbons (Fsp3) is 0.333. The number of azo groups is 1. The average molecular weight is 407 g/mol. The molecular formula is C24H30N4O2. The van der Waals surface area contributed by atoms with Gasteiger partial charge in [-0.05, 0) is 49.5 Å². The summed E-state index contributed by atoms with van der Waals surface area (Å²) in [6.45, 7) is 8.69. The fourth-order valence-corrected chi connectivity index (χ4v) is 3.30. The zero-order valence-corrected chi connectivity index (χ0v) is 17.7. The largest absolute Gasteiger partial charge is 0.491 e. The first-order valence-electron chi connectivity index (χ1n) is 10.5. The van der Waals surface area contributed by atoms with Gasteiger partial charge in [0.05, 0.1) is 18.0 Å². The van der Waals surface area contributed by atoms with E-state index in [-0.39, 0.29) is 13.2 Å². The topological polar surface area (TPSA) is 69.5 Å². The number of hydrogen-bond acceptors (Lipinski definition) is 6. The minimum Gasteiger partial charge on any atom is -0.491 e. The van der Waals surface area contributed by atoms with E-state index in [0.29, 0.717) is 5.75 Å². The first kappa shape index (κ1) is 21.7. The van der Waals surface area contributed by atoms with Gasteiger partial charge in [0.1, 0.15) is 12.4 Å². The molecule has 0 heterocycles. The molecule has 0 saturated carbocycles. The molecule has 0 aliphatic carbocycles. The summed E-state index contributed by atoms with van der Waals surface area (Å²) < 4.78 is 5.37. The van der Waals surface area contributed by atoms with Crippen molar-refractivity contribution < 1.29 is 9.84 Å². The molecule has 0 unspecified atom stereocenters. The number of nitrogens with zero attached hydrogens (tertiary/aromatic N) is 3. The van der Waals surface area contributed by atoms with Crippen molar-refractivity contribution in [3.63, 3.8) is 0 Å². The molecule has 30 heavy (non-hydrogen) atoms. The van der Waals surface area contributed by atoms with Crippen molar-refractivity contribution in [2.24, 2.45) is 10.2 Å². The molecule has 0 amide bonds. The van der Waals surface area contributed by atoms with Crippen LogP contribution in [0.25, 0.3) is 10.8 Å². The maximum Gasteiger partial charge on any atom is 0.119 e. The third-order valence-electron chi connectivity index (χ3n) is 5.01. The van der Waals surface area contributed by atoms with Gasteiger partial charge >= 0.3 is 0 Å². The molecule has 0 spiro atoms. The van der Waals surface area contributed by atoms with Crippen LogP contribution >= 0.6 is 0 Å². The Morgan fingerprint density at radius 2 is 1.63 bits per heavy atom. The normalized spacial score (nSPS) is 11.5. The van der Waals surface area contributed by atoms with Gasteiger partial charge in [0.2, 0.25) is 0 Å². The van der Waals surface area contributed by atoms with Crippen LogP contribution in [-0.2, 0) is 0 Å². The van der Waals surface area contributed by atoms with Crippen LogP contribution < -0.4 is 10.1 Å². The number of fused-ring (bicyclic) bond motifs is 1. The molecule has 2 N–H and O–H groups in total. The van der Waals surface area contributed by atoms with Crippen LogP contribution in [-0.4, -0.2) is 49.4 Å². The SMILES string of the molecule is CCN(CC)CCNc1ccc(N=Nc2ccc(OCCO)cc2)c2ccccc12. The lowest BCUT2D eigenvalue weighted by Gasteiger charge is -2.19. The number of ether oxygens (including phenoxy) is 1. The zero-order chi connectivity index (χ0) is 21.2. The summed E-state index contributed by atoms with van der Waals surface area (Å²) >= 11 is 0. The number of aliphatic hydroxyl groups excluding tert-OH is 1. The van der Waals surface area contributed by atoms with Crippen molar-refractivity contribution in [1.29, 1.82) is 0 Å². The van der Waals surface area contributed by atoms with Crippen molar-refractivity contribution in [2.45, 2.75) is 13.8 Å². The summed E-state index contributed by atoms with van der Waals surface area (Å²) in [5.74, 6) is 0.702. The Morgan fingerprint density at radius 1 is 0.900 bits per heavy atom. The molecule has 0 aliphatic heterocycles. The van der Waals surface area contributed by atoms with Gasteiger partial charge in [-0.15, -0.1) is 5.11 Å². The van der Waals surface area contributed by atoms with E-state index in [1.165, 1.54) is 0 Å². The van der Waals surface area contributed by atoms with Crippen LogP contribution in [0.5, 0.6) is 5.75 Å². The second kappa shape index (κ2) is 11.3. The smallest absolute Gasteiger partial charge is 0.119 e. The molecule has 0 saturated heterocycles. The molecule has 3 aromatic rings. The monoisotopic (exact) mass is 406 g/mol. The number of rotatable bonds is 11. The molecule has 0 fully saturated rings. The van der Waals surface area contributed by atoms with Gasteiger partial charge in [0.25, 0.3) is 0 Å². The van der Waals surface area contributed by atoms with Crippen LogP contribution in [0, 0.1) is 0 Å². The van der Waals surface area contributed by atoms with E-state index in [1.54, 1.807) is 0 Å². The van der Waals surface area contributed by atoms with E-state index in [0.717, 1.165) is 54.0 Å². The molecule has 0 bridgehead atoms. The molecule has 158 valence electrons. The lowest BCUT2D eigenvalue weighted by atomic mass is 10.1. The lowest BCUT2D eigenvalue weighted by Crippen LogP contribution is -2.28. The Morgan fingerprint density at radius 3 is 2.33 bits per heavy atom. The van der Waals surface area contributed by atoms with E-state index in [4.69, 9.17) is 9.84 Å². The van der Waals surface area contributed by atoms with Crippen LogP contribution in [0.3, 0.4) is 0 Å². The Labute approximate surface area is 178 Å². The average Bonchev–Trinajstić information content (AvgIpc) is 2.80. The van der Waals surface area contributed by atoms with Crippen molar-refractivity contribution in [3.8, 4) is 5.75 Å². The quantitative estimate of drug-likeness (QED) is 0.420. The predicted molar refractivity (Wildman–Crippen MR) is 123 cm³/mol. The molecule has 0 radical (unpaired) electrons. The van der Waals surface area contributed by atoms with Crippen LogP contribution in [0.4, 0.5) is 17.1 Å². The number of nitrogens with one attached hydrogen (secondary N) is 1. The molecule has 3 rings (SSSR count). The van der Waals surface area contributed by atoms with Crippen molar-refractivity contribution >= 4 is 27.8 Å². The molecule has 0 aromatic heterocycles. The van der Waals surface area contributed by atoms with Gasteiger partial charge in [-0.1, -0.05) is 38.1 Å². The van der Waals surface area contributed by atoms with Gasteiger partial charge < -0.3 is 20.1 Å². The molecule has 6 heteroatoms. The maximum absolute atomic E-state index is 8.83. The minimum absolute atomic E-state index is 0.00511. The third-order valence-corrected chi connectivity index (χ3v) is 5.01.